The van der Waals surface area contributed by atoms with Gasteiger partial charge in [0.25, 0.3) is 0 Å². The summed E-state index contributed by atoms with van der Waals surface area (Å²) in [6.45, 7) is 4.24. The van der Waals surface area contributed by atoms with Gasteiger partial charge in [-0.2, -0.15) is 5.26 Å². The number of hydrogen-bond acceptors (Lipinski definition) is 2. The molecule has 0 saturated carbocycles. The highest BCUT2D eigenvalue weighted by atomic mass is 32.2. The van der Waals surface area contributed by atoms with Crippen LogP contribution in [0.25, 0.3) is 0 Å². The third-order valence-electron chi connectivity index (χ3n) is 2.95. The van der Waals surface area contributed by atoms with Crippen LogP contribution < -0.4 is 0 Å². The Morgan fingerprint density at radius 2 is 2.19 bits per heavy atom. The highest BCUT2D eigenvalue weighted by Crippen LogP contribution is 2.41. The standard InChI is InChI=1S/C14H15NS/c1-10(2)7-13-12-6-4-3-5-11(12)8-14(13)16-9-15/h3-7,13-14H,8H2,1-2H3. The molecule has 0 spiro atoms. The Balaban J connectivity index is 2.36. The van der Waals surface area contributed by atoms with Gasteiger partial charge in [-0.15, -0.1) is 0 Å². The minimum atomic E-state index is 0.386. The third-order valence-corrected chi connectivity index (χ3v) is 3.82. The van der Waals surface area contributed by atoms with E-state index < -0.39 is 0 Å². The Labute approximate surface area is 101 Å². The van der Waals surface area contributed by atoms with Gasteiger partial charge in [0.15, 0.2) is 0 Å². The van der Waals surface area contributed by atoms with Crippen LogP contribution in [-0.4, -0.2) is 5.25 Å². The van der Waals surface area contributed by atoms with E-state index in [9.17, 15) is 0 Å². The first-order chi connectivity index (χ1) is 7.72. The van der Waals surface area contributed by atoms with E-state index in [0.717, 1.165) is 6.42 Å². The van der Waals surface area contributed by atoms with Crippen LogP contribution in [0.3, 0.4) is 0 Å². The second-order valence-corrected chi connectivity index (χ2v) is 5.44. The van der Waals surface area contributed by atoms with E-state index >= 15 is 0 Å². The number of fused-ring (bicyclic) bond motifs is 1. The smallest absolute Gasteiger partial charge is 0.133 e. The predicted octanol–water partition coefficient (Wildman–Crippen LogP) is 3.88. The molecule has 2 rings (SSSR count). The van der Waals surface area contributed by atoms with E-state index in [1.165, 1.54) is 28.5 Å². The lowest BCUT2D eigenvalue weighted by Crippen LogP contribution is -2.07. The maximum absolute atomic E-state index is 8.85. The summed E-state index contributed by atoms with van der Waals surface area (Å²) in [6.07, 6.45) is 3.31. The number of thiocyanates is 1. The van der Waals surface area contributed by atoms with Gasteiger partial charge in [0, 0.05) is 11.2 Å². The van der Waals surface area contributed by atoms with Crippen LogP contribution in [0.15, 0.2) is 35.9 Å². The summed E-state index contributed by atoms with van der Waals surface area (Å²) < 4.78 is 0. The Bertz CT molecular complexity index is 452. The molecule has 2 heteroatoms. The SMILES string of the molecule is CC(C)=CC1c2ccccc2CC1SC#N. The Kier molecular flexibility index (Phi) is 3.36. The minimum Gasteiger partial charge on any atom is -0.185 e. The fourth-order valence-electron chi connectivity index (χ4n) is 2.33. The molecule has 0 saturated heterocycles. The molecule has 0 aliphatic heterocycles. The van der Waals surface area contributed by atoms with Gasteiger partial charge >= 0.3 is 0 Å². The van der Waals surface area contributed by atoms with Crippen molar-refractivity contribution in [2.24, 2.45) is 0 Å². The van der Waals surface area contributed by atoms with Gasteiger partial charge in [-0.25, -0.2) is 0 Å². The Morgan fingerprint density at radius 1 is 1.44 bits per heavy atom. The number of allylic oxidation sites excluding steroid dienone is 2. The molecule has 82 valence electrons. The van der Waals surface area contributed by atoms with Gasteiger partial charge < -0.3 is 0 Å². The average Bonchev–Trinajstić information content (AvgIpc) is 2.57. The second kappa shape index (κ2) is 4.76. The molecule has 2 atom stereocenters. The number of hydrogen-bond donors (Lipinski definition) is 0. The second-order valence-electron chi connectivity index (χ2n) is 4.42. The number of thioether (sulfide) groups is 1. The zero-order chi connectivity index (χ0) is 11.5. The highest BCUT2D eigenvalue weighted by molar-refractivity contribution is 8.04. The molecule has 0 fully saturated rings. The fourth-order valence-corrected chi connectivity index (χ4v) is 3.10. The summed E-state index contributed by atoms with van der Waals surface area (Å²) >= 11 is 1.41. The minimum absolute atomic E-state index is 0.386. The number of nitrogens with zero attached hydrogens (tertiary/aromatic N) is 1. The normalized spacial score (nSPS) is 22.3. The van der Waals surface area contributed by atoms with Gasteiger partial charge in [0.2, 0.25) is 0 Å². The molecule has 0 radical (unpaired) electrons. The fraction of sp³-hybridized carbons (Fsp3) is 0.357. The Hall–Kier alpha value is -1.20. The monoisotopic (exact) mass is 229 g/mol. The molecule has 0 heterocycles. The lowest BCUT2D eigenvalue weighted by molar-refractivity contribution is 0.832. The van der Waals surface area contributed by atoms with E-state index in [-0.39, 0.29) is 0 Å². The molecule has 16 heavy (non-hydrogen) atoms. The van der Waals surface area contributed by atoms with Gasteiger partial charge in [0.05, 0.1) is 0 Å². The van der Waals surface area contributed by atoms with Gasteiger partial charge in [-0.3, -0.25) is 0 Å². The molecular formula is C14H15NS. The van der Waals surface area contributed by atoms with Crippen LogP contribution >= 0.6 is 11.8 Å². The average molecular weight is 229 g/mol. The molecule has 0 aromatic heterocycles. The van der Waals surface area contributed by atoms with E-state index in [1.54, 1.807) is 0 Å². The quantitative estimate of drug-likeness (QED) is 0.567. The molecule has 1 aromatic carbocycles. The number of nitriles is 1. The van der Waals surface area contributed by atoms with Crippen molar-refractivity contribution >= 4 is 11.8 Å². The van der Waals surface area contributed by atoms with Crippen LogP contribution in [-0.2, 0) is 6.42 Å². The van der Waals surface area contributed by atoms with Crippen molar-refractivity contribution in [2.45, 2.75) is 31.4 Å². The lowest BCUT2D eigenvalue weighted by Gasteiger charge is -2.13. The first kappa shape index (κ1) is 11.3. The van der Waals surface area contributed by atoms with Crippen molar-refractivity contribution in [3.8, 4) is 5.40 Å². The van der Waals surface area contributed by atoms with Gasteiger partial charge in [-0.1, -0.05) is 35.9 Å². The molecule has 1 nitrogen and oxygen atoms in total. The van der Waals surface area contributed by atoms with Crippen molar-refractivity contribution in [3.63, 3.8) is 0 Å². The molecule has 2 unspecified atom stereocenters. The van der Waals surface area contributed by atoms with Crippen LogP contribution in [0.2, 0.25) is 0 Å². The summed E-state index contributed by atoms with van der Waals surface area (Å²) in [4.78, 5) is 0. The predicted molar refractivity (Wildman–Crippen MR) is 69.3 cm³/mol. The van der Waals surface area contributed by atoms with Gasteiger partial charge in [-0.05, 0) is 43.2 Å². The van der Waals surface area contributed by atoms with Crippen LogP contribution in [0.4, 0.5) is 0 Å². The maximum Gasteiger partial charge on any atom is 0.133 e. The molecular weight excluding hydrogens is 214 g/mol. The Morgan fingerprint density at radius 3 is 2.88 bits per heavy atom. The molecule has 1 aliphatic rings. The maximum atomic E-state index is 8.85. The van der Waals surface area contributed by atoms with Crippen LogP contribution in [0.5, 0.6) is 0 Å². The largest absolute Gasteiger partial charge is 0.185 e. The highest BCUT2D eigenvalue weighted by Gasteiger charge is 2.30. The van der Waals surface area contributed by atoms with Crippen LogP contribution in [0.1, 0.15) is 30.9 Å². The van der Waals surface area contributed by atoms with E-state index in [4.69, 9.17) is 5.26 Å². The van der Waals surface area contributed by atoms with E-state index in [1.807, 2.05) is 0 Å². The summed E-state index contributed by atoms with van der Waals surface area (Å²) in [5, 5.41) is 11.5. The first-order valence-corrected chi connectivity index (χ1v) is 6.38. The lowest BCUT2D eigenvalue weighted by atomic mass is 9.99. The van der Waals surface area contributed by atoms with Crippen molar-refractivity contribution in [1.82, 2.24) is 0 Å². The van der Waals surface area contributed by atoms with Gasteiger partial charge in [0.1, 0.15) is 5.40 Å². The van der Waals surface area contributed by atoms with Crippen molar-refractivity contribution < 1.29 is 0 Å². The molecule has 0 amide bonds. The van der Waals surface area contributed by atoms with Crippen molar-refractivity contribution in [3.05, 3.63) is 47.0 Å². The number of rotatable bonds is 2. The third kappa shape index (κ3) is 2.15. The molecule has 0 N–H and O–H groups in total. The van der Waals surface area contributed by atoms with E-state index in [2.05, 4.69) is 49.6 Å². The summed E-state index contributed by atoms with van der Waals surface area (Å²) in [6, 6.07) is 8.54. The summed E-state index contributed by atoms with van der Waals surface area (Å²) in [5.74, 6) is 0.408. The first-order valence-electron chi connectivity index (χ1n) is 5.50. The number of benzene rings is 1. The molecule has 1 aromatic rings. The summed E-state index contributed by atoms with van der Waals surface area (Å²) in [5.41, 5.74) is 4.12. The van der Waals surface area contributed by atoms with Crippen molar-refractivity contribution in [2.75, 3.05) is 0 Å². The molecule has 1 aliphatic carbocycles. The zero-order valence-electron chi connectivity index (χ0n) is 9.60. The summed E-state index contributed by atoms with van der Waals surface area (Å²) in [7, 11) is 0. The van der Waals surface area contributed by atoms with E-state index in [0.29, 0.717) is 11.2 Å². The topological polar surface area (TPSA) is 23.8 Å². The molecule has 0 bridgehead atoms. The zero-order valence-corrected chi connectivity index (χ0v) is 10.4. The van der Waals surface area contributed by atoms with Crippen LogP contribution in [0, 0.1) is 10.7 Å². The van der Waals surface area contributed by atoms with Crippen molar-refractivity contribution in [1.29, 1.82) is 5.26 Å².